The van der Waals surface area contributed by atoms with Gasteiger partial charge in [0.05, 0.1) is 0 Å². The van der Waals surface area contributed by atoms with Crippen LogP contribution in [0.2, 0.25) is 0 Å². The molecule has 110 valence electrons. The van der Waals surface area contributed by atoms with Crippen molar-refractivity contribution in [3.63, 3.8) is 0 Å². The summed E-state index contributed by atoms with van der Waals surface area (Å²) in [6.45, 7) is 3.23. The summed E-state index contributed by atoms with van der Waals surface area (Å²) in [5.74, 6) is 0.734. The van der Waals surface area contributed by atoms with Gasteiger partial charge >= 0.3 is 0 Å². The van der Waals surface area contributed by atoms with E-state index >= 15 is 0 Å². The van der Waals surface area contributed by atoms with Crippen molar-refractivity contribution in [1.29, 1.82) is 0 Å². The molecule has 2 unspecified atom stereocenters. The van der Waals surface area contributed by atoms with Crippen molar-refractivity contribution in [1.82, 2.24) is 5.32 Å². The van der Waals surface area contributed by atoms with Gasteiger partial charge in [-0.05, 0) is 60.5 Å². The third kappa shape index (κ3) is 3.56. The van der Waals surface area contributed by atoms with E-state index in [4.69, 9.17) is 0 Å². The van der Waals surface area contributed by atoms with Crippen LogP contribution in [0, 0.1) is 0 Å². The van der Waals surface area contributed by atoms with Gasteiger partial charge in [0.15, 0.2) is 0 Å². The third-order valence-electron chi connectivity index (χ3n) is 4.39. The van der Waals surface area contributed by atoms with E-state index in [-0.39, 0.29) is 0 Å². The summed E-state index contributed by atoms with van der Waals surface area (Å²) in [7, 11) is 0. The zero-order valence-corrected chi connectivity index (χ0v) is 14.1. The van der Waals surface area contributed by atoms with Crippen molar-refractivity contribution in [2.45, 2.75) is 38.1 Å². The molecule has 1 N–H and O–H groups in total. The Balaban J connectivity index is 1.66. The number of hydrogen-bond acceptors (Lipinski definition) is 1. The third-order valence-corrected chi connectivity index (χ3v) is 4.89. The Morgan fingerprint density at radius 2 is 2.05 bits per heavy atom. The highest BCUT2D eigenvalue weighted by Crippen LogP contribution is 2.38. The molecule has 0 spiro atoms. The summed E-state index contributed by atoms with van der Waals surface area (Å²) in [6, 6.07) is 18.1. The first-order valence-corrected chi connectivity index (χ1v) is 8.61. The second-order valence-corrected chi connectivity index (χ2v) is 6.84. The van der Waals surface area contributed by atoms with E-state index in [2.05, 4.69) is 76.7 Å². The van der Waals surface area contributed by atoms with Gasteiger partial charge in [-0.2, -0.15) is 0 Å². The summed E-state index contributed by atoms with van der Waals surface area (Å²) in [5, 5.41) is 3.67. The zero-order valence-electron chi connectivity index (χ0n) is 12.5. The summed E-state index contributed by atoms with van der Waals surface area (Å²) in [5.41, 5.74) is 4.51. The standard InChI is InChI=1S/C19H22BrN/c1-2-21-18(11-14-6-5-8-17(20)10-14)13-16-12-15-7-3-4-9-19(15)16/h3-10,16,18,21H,2,11-13H2,1H3. The van der Waals surface area contributed by atoms with Gasteiger partial charge in [0.25, 0.3) is 0 Å². The molecule has 1 aliphatic carbocycles. The Kier molecular flexibility index (Phi) is 4.77. The van der Waals surface area contributed by atoms with Crippen molar-refractivity contribution < 1.29 is 0 Å². The molecule has 2 atom stereocenters. The molecule has 0 heterocycles. The van der Waals surface area contributed by atoms with E-state index in [1.807, 2.05) is 0 Å². The molecule has 2 heteroatoms. The van der Waals surface area contributed by atoms with Crippen molar-refractivity contribution >= 4 is 15.9 Å². The average molecular weight is 344 g/mol. The summed E-state index contributed by atoms with van der Waals surface area (Å²) in [6.07, 6.45) is 3.58. The number of rotatable bonds is 6. The van der Waals surface area contributed by atoms with Crippen molar-refractivity contribution in [2.75, 3.05) is 6.54 Å². The minimum absolute atomic E-state index is 0.558. The number of likely N-dealkylation sites (N-methyl/N-ethyl adjacent to an activating group) is 1. The normalized spacial score (nSPS) is 17.9. The molecule has 0 radical (unpaired) electrons. The molecule has 3 rings (SSSR count). The van der Waals surface area contributed by atoms with Crippen LogP contribution in [0.25, 0.3) is 0 Å². The highest BCUT2D eigenvalue weighted by molar-refractivity contribution is 9.10. The number of hydrogen-bond donors (Lipinski definition) is 1. The van der Waals surface area contributed by atoms with Crippen molar-refractivity contribution in [3.05, 3.63) is 69.7 Å². The van der Waals surface area contributed by atoms with Gasteiger partial charge in [0.2, 0.25) is 0 Å². The maximum Gasteiger partial charge on any atom is 0.0178 e. The fourth-order valence-corrected chi connectivity index (χ4v) is 3.84. The molecule has 0 aliphatic heterocycles. The van der Waals surface area contributed by atoms with Crippen LogP contribution in [0.1, 0.15) is 36.0 Å². The van der Waals surface area contributed by atoms with E-state index in [1.54, 1.807) is 11.1 Å². The van der Waals surface area contributed by atoms with Crippen LogP contribution in [-0.2, 0) is 12.8 Å². The fourth-order valence-electron chi connectivity index (χ4n) is 3.39. The predicted octanol–water partition coefficient (Wildman–Crippen LogP) is 4.70. The van der Waals surface area contributed by atoms with Crippen LogP contribution in [0.4, 0.5) is 0 Å². The molecule has 1 aliphatic rings. The van der Waals surface area contributed by atoms with Crippen LogP contribution < -0.4 is 5.32 Å². The molecule has 0 saturated carbocycles. The highest BCUT2D eigenvalue weighted by Gasteiger charge is 2.27. The molecule has 0 aromatic heterocycles. The number of halogens is 1. The fraction of sp³-hybridized carbons (Fsp3) is 0.368. The lowest BCUT2D eigenvalue weighted by Crippen LogP contribution is -2.35. The van der Waals surface area contributed by atoms with E-state index in [0.29, 0.717) is 6.04 Å². The van der Waals surface area contributed by atoms with Gasteiger partial charge in [0, 0.05) is 10.5 Å². The Morgan fingerprint density at radius 3 is 2.81 bits per heavy atom. The zero-order chi connectivity index (χ0) is 14.7. The SMILES string of the molecule is CCNC(Cc1cccc(Br)c1)CC1Cc2ccccc21. The van der Waals surface area contributed by atoms with Crippen molar-refractivity contribution in [2.24, 2.45) is 0 Å². The quantitative estimate of drug-likeness (QED) is 0.801. The van der Waals surface area contributed by atoms with Gasteiger partial charge in [-0.25, -0.2) is 0 Å². The van der Waals surface area contributed by atoms with E-state index < -0.39 is 0 Å². The van der Waals surface area contributed by atoms with Gasteiger partial charge in [-0.3, -0.25) is 0 Å². The lowest BCUT2D eigenvalue weighted by Gasteiger charge is -2.33. The molecule has 21 heavy (non-hydrogen) atoms. The average Bonchev–Trinajstić information content (AvgIpc) is 2.45. The number of fused-ring (bicyclic) bond motifs is 1. The highest BCUT2D eigenvalue weighted by atomic mass is 79.9. The largest absolute Gasteiger partial charge is 0.314 e. The summed E-state index contributed by atoms with van der Waals surface area (Å²) >= 11 is 3.57. The van der Waals surface area contributed by atoms with Crippen LogP contribution >= 0.6 is 15.9 Å². The van der Waals surface area contributed by atoms with Gasteiger partial charge in [-0.15, -0.1) is 0 Å². The van der Waals surface area contributed by atoms with E-state index in [0.717, 1.165) is 18.9 Å². The Labute approximate surface area is 135 Å². The molecule has 1 nitrogen and oxygen atoms in total. The maximum atomic E-state index is 3.67. The number of nitrogens with one attached hydrogen (secondary N) is 1. The smallest absolute Gasteiger partial charge is 0.0178 e. The second-order valence-electron chi connectivity index (χ2n) is 5.92. The van der Waals surface area contributed by atoms with Crippen molar-refractivity contribution in [3.8, 4) is 0 Å². The molecule has 2 aromatic rings. The van der Waals surface area contributed by atoms with Crippen LogP contribution in [0.15, 0.2) is 53.0 Å². The van der Waals surface area contributed by atoms with Crippen LogP contribution in [-0.4, -0.2) is 12.6 Å². The lowest BCUT2D eigenvalue weighted by molar-refractivity contribution is 0.422. The van der Waals surface area contributed by atoms with E-state index in [1.165, 1.54) is 22.9 Å². The van der Waals surface area contributed by atoms with Gasteiger partial charge in [-0.1, -0.05) is 59.3 Å². The lowest BCUT2D eigenvalue weighted by atomic mass is 9.74. The molecule has 0 fully saturated rings. The minimum Gasteiger partial charge on any atom is -0.314 e. The van der Waals surface area contributed by atoms with Crippen LogP contribution in [0.3, 0.4) is 0 Å². The monoisotopic (exact) mass is 343 g/mol. The summed E-state index contributed by atoms with van der Waals surface area (Å²) < 4.78 is 1.17. The first kappa shape index (κ1) is 14.8. The van der Waals surface area contributed by atoms with Gasteiger partial charge in [0.1, 0.15) is 0 Å². The predicted molar refractivity (Wildman–Crippen MR) is 92.8 cm³/mol. The molecule has 0 bridgehead atoms. The first-order chi connectivity index (χ1) is 10.3. The Morgan fingerprint density at radius 1 is 1.19 bits per heavy atom. The molecular weight excluding hydrogens is 322 g/mol. The minimum atomic E-state index is 0.558. The maximum absolute atomic E-state index is 3.67. The Bertz CT molecular complexity index is 608. The topological polar surface area (TPSA) is 12.0 Å². The second kappa shape index (κ2) is 6.76. The van der Waals surface area contributed by atoms with Crippen LogP contribution in [0.5, 0.6) is 0 Å². The number of benzene rings is 2. The molecule has 2 aromatic carbocycles. The first-order valence-electron chi connectivity index (χ1n) is 7.82. The van der Waals surface area contributed by atoms with E-state index in [9.17, 15) is 0 Å². The molecule has 0 saturated heterocycles. The van der Waals surface area contributed by atoms with Gasteiger partial charge < -0.3 is 5.32 Å². The molecule has 0 amide bonds. The Hall–Kier alpha value is -1.12. The summed E-state index contributed by atoms with van der Waals surface area (Å²) in [4.78, 5) is 0. The molecular formula is C19H22BrN.